The highest BCUT2D eigenvalue weighted by Gasteiger charge is 2.07. The topological polar surface area (TPSA) is 22.1 Å². The van der Waals surface area contributed by atoms with Crippen molar-refractivity contribution in [2.45, 2.75) is 19.7 Å². The average Bonchev–Trinajstić information content (AvgIpc) is 2.06. The minimum atomic E-state index is 0.482. The summed E-state index contributed by atoms with van der Waals surface area (Å²) in [7, 11) is 1.65. The molecule has 0 saturated heterocycles. The molecule has 0 aromatic carbocycles. The minimum absolute atomic E-state index is 0.482. The van der Waals surface area contributed by atoms with Gasteiger partial charge in [0.15, 0.2) is 0 Å². The number of rotatable bonds is 2. The third-order valence-corrected chi connectivity index (χ3v) is 2.20. The Morgan fingerprint density at radius 2 is 2.17 bits per heavy atom. The normalized spacial score (nSPS) is 10.0. The highest BCUT2D eigenvalue weighted by Crippen LogP contribution is 2.24. The molecule has 0 aliphatic heterocycles. The van der Waals surface area contributed by atoms with Gasteiger partial charge in [-0.25, -0.2) is 0 Å². The van der Waals surface area contributed by atoms with Crippen LogP contribution in [-0.4, -0.2) is 12.1 Å². The molecule has 1 heterocycles. The first-order valence-electron chi connectivity index (χ1n) is 3.75. The maximum absolute atomic E-state index is 5.72. The van der Waals surface area contributed by atoms with Crippen LogP contribution in [0.3, 0.4) is 0 Å². The SMILES string of the molecule is COc1c(C)ncc(CCl)c1C. The van der Waals surface area contributed by atoms with E-state index in [1.165, 1.54) is 0 Å². The summed E-state index contributed by atoms with van der Waals surface area (Å²) in [5.74, 6) is 1.32. The van der Waals surface area contributed by atoms with Crippen LogP contribution < -0.4 is 4.74 Å². The van der Waals surface area contributed by atoms with Gasteiger partial charge in [0, 0.05) is 12.1 Å². The summed E-state index contributed by atoms with van der Waals surface area (Å²) < 4.78 is 5.20. The Balaban J connectivity index is 3.24. The molecule has 0 bridgehead atoms. The van der Waals surface area contributed by atoms with Crippen LogP contribution >= 0.6 is 11.6 Å². The van der Waals surface area contributed by atoms with Gasteiger partial charge < -0.3 is 4.74 Å². The van der Waals surface area contributed by atoms with E-state index in [0.717, 1.165) is 22.6 Å². The van der Waals surface area contributed by atoms with Crippen molar-refractivity contribution in [3.8, 4) is 5.75 Å². The lowest BCUT2D eigenvalue weighted by atomic mass is 10.1. The van der Waals surface area contributed by atoms with Gasteiger partial charge in [-0.1, -0.05) is 0 Å². The molecule has 1 aromatic rings. The van der Waals surface area contributed by atoms with Gasteiger partial charge in [-0.2, -0.15) is 0 Å². The number of aromatic nitrogens is 1. The van der Waals surface area contributed by atoms with E-state index >= 15 is 0 Å². The second-order valence-corrected chi connectivity index (χ2v) is 2.93. The average molecular weight is 186 g/mol. The first-order valence-corrected chi connectivity index (χ1v) is 4.29. The van der Waals surface area contributed by atoms with Crippen LogP contribution in [0.1, 0.15) is 16.8 Å². The Morgan fingerprint density at radius 3 is 2.67 bits per heavy atom. The predicted octanol–water partition coefficient (Wildman–Crippen LogP) is 2.45. The predicted molar refractivity (Wildman–Crippen MR) is 49.8 cm³/mol. The lowest BCUT2D eigenvalue weighted by Gasteiger charge is -2.09. The van der Waals surface area contributed by atoms with E-state index in [0.29, 0.717) is 5.88 Å². The number of aryl methyl sites for hydroxylation is 1. The molecule has 0 aliphatic rings. The van der Waals surface area contributed by atoms with Crippen LogP contribution in [0.4, 0.5) is 0 Å². The van der Waals surface area contributed by atoms with Crippen molar-refractivity contribution in [2.75, 3.05) is 7.11 Å². The lowest BCUT2D eigenvalue weighted by molar-refractivity contribution is 0.405. The van der Waals surface area contributed by atoms with Gasteiger partial charge in [0.1, 0.15) is 5.75 Å². The Labute approximate surface area is 77.5 Å². The Bertz CT molecular complexity index is 286. The summed E-state index contributed by atoms with van der Waals surface area (Å²) in [4.78, 5) is 4.17. The fraction of sp³-hybridized carbons (Fsp3) is 0.444. The Kier molecular flexibility index (Phi) is 2.93. The first-order chi connectivity index (χ1) is 5.70. The zero-order valence-electron chi connectivity index (χ0n) is 7.52. The van der Waals surface area contributed by atoms with Crippen LogP contribution in [0.15, 0.2) is 6.20 Å². The van der Waals surface area contributed by atoms with E-state index in [1.54, 1.807) is 13.3 Å². The molecule has 66 valence electrons. The monoisotopic (exact) mass is 185 g/mol. The highest BCUT2D eigenvalue weighted by molar-refractivity contribution is 6.17. The number of pyridine rings is 1. The van der Waals surface area contributed by atoms with Crippen molar-refractivity contribution in [2.24, 2.45) is 0 Å². The number of ether oxygens (including phenoxy) is 1. The van der Waals surface area contributed by atoms with Gasteiger partial charge >= 0.3 is 0 Å². The van der Waals surface area contributed by atoms with E-state index in [4.69, 9.17) is 16.3 Å². The third-order valence-electron chi connectivity index (χ3n) is 1.91. The fourth-order valence-electron chi connectivity index (χ4n) is 1.18. The number of methoxy groups -OCH3 is 1. The van der Waals surface area contributed by atoms with Crippen molar-refractivity contribution in [3.63, 3.8) is 0 Å². The number of hydrogen-bond acceptors (Lipinski definition) is 2. The zero-order valence-corrected chi connectivity index (χ0v) is 8.27. The van der Waals surface area contributed by atoms with Crippen molar-refractivity contribution >= 4 is 11.6 Å². The van der Waals surface area contributed by atoms with Gasteiger partial charge in [-0.3, -0.25) is 4.98 Å². The molecule has 0 fully saturated rings. The van der Waals surface area contributed by atoms with Gasteiger partial charge in [0.05, 0.1) is 12.8 Å². The fourth-order valence-corrected chi connectivity index (χ4v) is 1.45. The molecule has 0 spiro atoms. The molecule has 0 N–H and O–H groups in total. The first kappa shape index (κ1) is 9.33. The van der Waals surface area contributed by atoms with E-state index in [2.05, 4.69) is 4.98 Å². The molecule has 0 amide bonds. The van der Waals surface area contributed by atoms with Crippen LogP contribution in [-0.2, 0) is 5.88 Å². The smallest absolute Gasteiger partial charge is 0.143 e. The molecule has 3 heteroatoms. The summed E-state index contributed by atoms with van der Waals surface area (Å²) in [6.45, 7) is 3.91. The van der Waals surface area contributed by atoms with Crippen molar-refractivity contribution < 1.29 is 4.74 Å². The number of nitrogens with zero attached hydrogens (tertiary/aromatic N) is 1. The molecule has 1 rings (SSSR count). The van der Waals surface area contributed by atoms with Gasteiger partial charge in [0.2, 0.25) is 0 Å². The van der Waals surface area contributed by atoms with Crippen molar-refractivity contribution in [3.05, 3.63) is 23.0 Å². The molecule has 2 nitrogen and oxygen atoms in total. The van der Waals surface area contributed by atoms with E-state index in [9.17, 15) is 0 Å². The number of hydrogen-bond donors (Lipinski definition) is 0. The van der Waals surface area contributed by atoms with Crippen molar-refractivity contribution in [1.82, 2.24) is 4.98 Å². The molecule has 0 unspecified atom stereocenters. The van der Waals surface area contributed by atoms with E-state index in [-0.39, 0.29) is 0 Å². The molecule has 0 aliphatic carbocycles. The second-order valence-electron chi connectivity index (χ2n) is 2.66. The summed E-state index contributed by atoms with van der Waals surface area (Å²) in [6.07, 6.45) is 1.79. The molecule has 0 atom stereocenters. The molecule has 0 saturated carbocycles. The summed E-state index contributed by atoms with van der Waals surface area (Å²) in [5, 5.41) is 0. The van der Waals surface area contributed by atoms with Crippen LogP contribution in [0.5, 0.6) is 5.75 Å². The standard InChI is InChI=1S/C9H12ClNO/c1-6-8(4-10)5-11-7(2)9(6)12-3/h5H,4H2,1-3H3. The quantitative estimate of drug-likeness (QED) is 0.661. The molecule has 0 radical (unpaired) electrons. The third kappa shape index (κ3) is 1.53. The maximum atomic E-state index is 5.72. The zero-order chi connectivity index (χ0) is 9.14. The number of alkyl halides is 1. The minimum Gasteiger partial charge on any atom is -0.495 e. The summed E-state index contributed by atoms with van der Waals surface area (Å²) in [6, 6.07) is 0. The van der Waals surface area contributed by atoms with Crippen LogP contribution in [0.2, 0.25) is 0 Å². The van der Waals surface area contributed by atoms with E-state index < -0.39 is 0 Å². The molecule has 12 heavy (non-hydrogen) atoms. The van der Waals surface area contributed by atoms with E-state index in [1.807, 2.05) is 13.8 Å². The molecular formula is C9H12ClNO. The van der Waals surface area contributed by atoms with Crippen LogP contribution in [0.25, 0.3) is 0 Å². The molecular weight excluding hydrogens is 174 g/mol. The van der Waals surface area contributed by atoms with Gasteiger partial charge in [-0.15, -0.1) is 11.6 Å². The Hall–Kier alpha value is -0.760. The number of halogens is 1. The maximum Gasteiger partial charge on any atom is 0.143 e. The Morgan fingerprint density at radius 1 is 1.50 bits per heavy atom. The summed E-state index contributed by atoms with van der Waals surface area (Å²) in [5.41, 5.74) is 3.02. The van der Waals surface area contributed by atoms with Crippen LogP contribution in [0, 0.1) is 13.8 Å². The van der Waals surface area contributed by atoms with Crippen molar-refractivity contribution in [1.29, 1.82) is 0 Å². The highest BCUT2D eigenvalue weighted by atomic mass is 35.5. The lowest BCUT2D eigenvalue weighted by Crippen LogP contribution is -1.97. The second kappa shape index (κ2) is 3.76. The summed E-state index contributed by atoms with van der Waals surface area (Å²) >= 11 is 5.72. The van der Waals surface area contributed by atoms with Gasteiger partial charge in [0.25, 0.3) is 0 Å². The molecule has 1 aromatic heterocycles. The largest absolute Gasteiger partial charge is 0.495 e. The van der Waals surface area contributed by atoms with Gasteiger partial charge in [-0.05, 0) is 25.0 Å².